The van der Waals surface area contributed by atoms with E-state index >= 15 is 0 Å². The molecule has 110 valence electrons. The molecule has 1 unspecified atom stereocenters. The third kappa shape index (κ3) is 2.70. The van der Waals surface area contributed by atoms with Crippen molar-refractivity contribution in [2.45, 2.75) is 19.4 Å². The van der Waals surface area contributed by atoms with Crippen LogP contribution in [0.15, 0.2) is 40.9 Å². The minimum absolute atomic E-state index is 0.0832. The van der Waals surface area contributed by atoms with E-state index in [-0.39, 0.29) is 11.9 Å². The highest BCUT2D eigenvalue weighted by atomic mass is 79.9. The Morgan fingerprint density at radius 3 is 2.81 bits per heavy atom. The summed E-state index contributed by atoms with van der Waals surface area (Å²) in [7, 11) is 0. The number of hydrogen-bond donors (Lipinski definition) is 1. The maximum atomic E-state index is 13.6. The van der Waals surface area contributed by atoms with E-state index in [1.807, 2.05) is 6.07 Å². The quantitative estimate of drug-likeness (QED) is 0.909. The van der Waals surface area contributed by atoms with E-state index in [1.165, 1.54) is 22.8 Å². The van der Waals surface area contributed by atoms with E-state index in [0.29, 0.717) is 6.54 Å². The molecule has 0 spiro atoms. The van der Waals surface area contributed by atoms with Crippen LogP contribution < -0.4 is 10.6 Å². The Morgan fingerprint density at radius 1 is 1.29 bits per heavy atom. The highest BCUT2D eigenvalue weighted by Crippen LogP contribution is 2.36. The lowest BCUT2D eigenvalue weighted by molar-refractivity contribution is 0.621. The molecule has 1 atom stereocenters. The number of fused-ring (bicyclic) bond motifs is 1. The summed E-state index contributed by atoms with van der Waals surface area (Å²) in [6, 6.07) is 11.4. The van der Waals surface area contributed by atoms with Crippen molar-refractivity contribution in [3.63, 3.8) is 0 Å². The van der Waals surface area contributed by atoms with Crippen molar-refractivity contribution in [2.75, 3.05) is 18.0 Å². The largest absolute Gasteiger partial charge is 0.363 e. The number of hydrogen-bond acceptors (Lipinski definition) is 2. The van der Waals surface area contributed by atoms with Gasteiger partial charge in [-0.2, -0.15) is 0 Å². The van der Waals surface area contributed by atoms with Gasteiger partial charge in [0.05, 0.1) is 6.04 Å². The SMILES string of the molecule is Cc1cc(C(CN)N2CCc3ccc(F)cc32)ccc1Br. The fourth-order valence-electron chi connectivity index (χ4n) is 3.02. The standard InChI is InChI=1S/C17H18BrFN2/c1-11-8-13(3-5-15(11)18)17(10-20)21-7-6-12-2-4-14(19)9-16(12)21/h2-5,8-9,17H,6-7,10,20H2,1H3. The topological polar surface area (TPSA) is 29.3 Å². The Kier molecular flexibility index (Phi) is 4.00. The maximum absolute atomic E-state index is 13.6. The van der Waals surface area contributed by atoms with Crippen molar-refractivity contribution in [2.24, 2.45) is 5.73 Å². The lowest BCUT2D eigenvalue weighted by Crippen LogP contribution is -2.32. The first-order valence-corrected chi connectivity index (χ1v) is 7.90. The summed E-state index contributed by atoms with van der Waals surface area (Å²) >= 11 is 3.52. The molecule has 0 bridgehead atoms. The number of benzene rings is 2. The van der Waals surface area contributed by atoms with Gasteiger partial charge in [0.2, 0.25) is 0 Å². The molecule has 0 amide bonds. The zero-order valence-electron chi connectivity index (χ0n) is 11.9. The summed E-state index contributed by atoms with van der Waals surface area (Å²) in [4.78, 5) is 2.22. The second kappa shape index (κ2) is 5.78. The van der Waals surface area contributed by atoms with E-state index in [9.17, 15) is 4.39 Å². The lowest BCUT2D eigenvalue weighted by atomic mass is 10.0. The number of nitrogens with zero attached hydrogens (tertiary/aromatic N) is 1. The van der Waals surface area contributed by atoms with Gasteiger partial charge in [-0.05, 0) is 48.2 Å². The molecule has 2 aromatic carbocycles. The van der Waals surface area contributed by atoms with Crippen LogP contribution in [0.1, 0.15) is 22.7 Å². The molecule has 2 aromatic rings. The lowest BCUT2D eigenvalue weighted by Gasteiger charge is -2.30. The molecule has 1 heterocycles. The highest BCUT2D eigenvalue weighted by molar-refractivity contribution is 9.10. The Morgan fingerprint density at radius 2 is 2.10 bits per heavy atom. The number of nitrogens with two attached hydrogens (primary N) is 1. The van der Waals surface area contributed by atoms with Gasteiger partial charge in [-0.1, -0.05) is 34.1 Å². The molecule has 2 nitrogen and oxygen atoms in total. The first-order chi connectivity index (χ1) is 10.1. The smallest absolute Gasteiger partial charge is 0.125 e. The van der Waals surface area contributed by atoms with Gasteiger partial charge >= 0.3 is 0 Å². The van der Waals surface area contributed by atoms with E-state index in [0.717, 1.165) is 23.1 Å². The summed E-state index contributed by atoms with van der Waals surface area (Å²) in [5.41, 5.74) is 10.6. The highest BCUT2D eigenvalue weighted by Gasteiger charge is 2.27. The van der Waals surface area contributed by atoms with Gasteiger partial charge in [-0.25, -0.2) is 4.39 Å². The Hall–Kier alpha value is -1.39. The predicted octanol–water partition coefficient (Wildman–Crippen LogP) is 3.96. The van der Waals surface area contributed by atoms with E-state index in [1.54, 1.807) is 6.07 Å². The number of halogens is 2. The normalized spacial score (nSPS) is 15.1. The van der Waals surface area contributed by atoms with Crippen molar-refractivity contribution >= 4 is 21.6 Å². The minimum Gasteiger partial charge on any atom is -0.363 e. The van der Waals surface area contributed by atoms with Crippen LogP contribution in [0.25, 0.3) is 0 Å². The number of aryl methyl sites for hydroxylation is 1. The monoisotopic (exact) mass is 348 g/mol. The Balaban J connectivity index is 1.98. The van der Waals surface area contributed by atoms with Crippen molar-refractivity contribution < 1.29 is 4.39 Å². The van der Waals surface area contributed by atoms with Gasteiger partial charge in [-0.3, -0.25) is 0 Å². The van der Waals surface area contributed by atoms with E-state index in [2.05, 4.69) is 46.0 Å². The fraction of sp³-hybridized carbons (Fsp3) is 0.294. The number of anilines is 1. The molecule has 2 N–H and O–H groups in total. The molecule has 4 heteroatoms. The second-order valence-electron chi connectivity index (χ2n) is 5.48. The maximum Gasteiger partial charge on any atom is 0.125 e. The zero-order valence-corrected chi connectivity index (χ0v) is 13.5. The molecule has 1 aliphatic rings. The summed E-state index contributed by atoms with van der Waals surface area (Å²) in [6.07, 6.45) is 0.946. The van der Waals surface area contributed by atoms with Crippen LogP contribution in [-0.2, 0) is 6.42 Å². The molecule has 3 rings (SSSR count). The van der Waals surface area contributed by atoms with Crippen molar-refractivity contribution in [3.8, 4) is 0 Å². The van der Waals surface area contributed by atoms with Gasteiger partial charge in [0.25, 0.3) is 0 Å². The first kappa shape index (κ1) is 14.5. The van der Waals surface area contributed by atoms with Gasteiger partial charge in [-0.15, -0.1) is 0 Å². The van der Waals surface area contributed by atoms with Crippen LogP contribution >= 0.6 is 15.9 Å². The summed E-state index contributed by atoms with van der Waals surface area (Å²) in [5, 5.41) is 0. The van der Waals surface area contributed by atoms with Gasteiger partial charge in [0.1, 0.15) is 5.82 Å². The molecule has 0 aromatic heterocycles. The van der Waals surface area contributed by atoms with Crippen LogP contribution in [0.3, 0.4) is 0 Å². The van der Waals surface area contributed by atoms with Crippen LogP contribution in [0.2, 0.25) is 0 Å². The Labute approximate surface area is 132 Å². The zero-order chi connectivity index (χ0) is 15.0. The molecular weight excluding hydrogens is 331 g/mol. The molecule has 0 aliphatic carbocycles. The molecule has 0 saturated carbocycles. The third-order valence-electron chi connectivity index (χ3n) is 4.15. The third-order valence-corrected chi connectivity index (χ3v) is 5.03. The average molecular weight is 349 g/mol. The Bertz CT molecular complexity index is 672. The van der Waals surface area contributed by atoms with Crippen LogP contribution in [-0.4, -0.2) is 13.1 Å². The van der Waals surface area contributed by atoms with Gasteiger partial charge in [0, 0.05) is 23.2 Å². The predicted molar refractivity (Wildman–Crippen MR) is 88.1 cm³/mol. The van der Waals surface area contributed by atoms with E-state index < -0.39 is 0 Å². The van der Waals surface area contributed by atoms with Gasteiger partial charge < -0.3 is 10.6 Å². The molecule has 1 aliphatic heterocycles. The molecule has 21 heavy (non-hydrogen) atoms. The van der Waals surface area contributed by atoms with Crippen LogP contribution in [0, 0.1) is 12.7 Å². The number of rotatable bonds is 3. The summed E-state index contributed by atoms with van der Waals surface area (Å²) in [6.45, 7) is 3.46. The average Bonchev–Trinajstić information content (AvgIpc) is 2.87. The van der Waals surface area contributed by atoms with Crippen LogP contribution in [0.5, 0.6) is 0 Å². The van der Waals surface area contributed by atoms with Crippen molar-refractivity contribution in [1.82, 2.24) is 0 Å². The molecular formula is C17H18BrFN2. The minimum atomic E-state index is -0.191. The molecule has 0 radical (unpaired) electrons. The summed E-state index contributed by atoms with van der Waals surface area (Å²) in [5.74, 6) is -0.191. The van der Waals surface area contributed by atoms with Gasteiger partial charge in [0.15, 0.2) is 0 Å². The second-order valence-corrected chi connectivity index (χ2v) is 6.33. The molecule has 0 fully saturated rings. The summed E-state index contributed by atoms with van der Waals surface area (Å²) < 4.78 is 14.7. The molecule has 0 saturated heterocycles. The van der Waals surface area contributed by atoms with Crippen molar-refractivity contribution in [3.05, 3.63) is 63.4 Å². The van der Waals surface area contributed by atoms with Crippen molar-refractivity contribution in [1.29, 1.82) is 0 Å². The van der Waals surface area contributed by atoms with E-state index in [4.69, 9.17) is 5.73 Å². The first-order valence-electron chi connectivity index (χ1n) is 7.11. The van der Waals surface area contributed by atoms with Crippen LogP contribution in [0.4, 0.5) is 10.1 Å². The fourth-order valence-corrected chi connectivity index (χ4v) is 3.27.